The molecule has 1 rings (SSSR count). The first-order valence-corrected chi connectivity index (χ1v) is 20.4. The zero-order valence-electron chi connectivity index (χ0n) is 31.6. The van der Waals surface area contributed by atoms with Crippen molar-refractivity contribution in [2.75, 3.05) is 13.2 Å². The van der Waals surface area contributed by atoms with Crippen molar-refractivity contribution in [2.24, 2.45) is 0 Å². The molecule has 0 aliphatic rings. The summed E-state index contributed by atoms with van der Waals surface area (Å²) in [5, 5.41) is 9.20. The Balaban J connectivity index is 2.31. The fourth-order valence-corrected chi connectivity index (χ4v) is 6.17. The van der Waals surface area contributed by atoms with Gasteiger partial charge in [-0.2, -0.15) is 0 Å². The largest absolute Gasteiger partial charge is 0.478 e. The molecule has 0 atom stereocenters. The van der Waals surface area contributed by atoms with Gasteiger partial charge >= 0.3 is 17.9 Å². The van der Waals surface area contributed by atoms with E-state index in [2.05, 4.69) is 13.8 Å². The van der Waals surface area contributed by atoms with E-state index < -0.39 is 17.9 Å². The average Bonchev–Trinajstić information content (AvgIpc) is 3.10. The van der Waals surface area contributed by atoms with E-state index in [1.165, 1.54) is 159 Å². The Labute approximate surface area is 300 Å². The SMILES string of the molecule is CCCCCCCCCCCCCCCCOC(=O)C(=Cc1ccc(C(=O)O)cc1)C(=O)OCCCCCCCCCCCCCCCC. The van der Waals surface area contributed by atoms with Crippen LogP contribution >= 0.6 is 0 Å². The van der Waals surface area contributed by atoms with Gasteiger partial charge in [0.15, 0.2) is 0 Å². The van der Waals surface area contributed by atoms with Crippen molar-refractivity contribution in [1.82, 2.24) is 0 Å². The Kier molecular flexibility index (Phi) is 29.5. The number of hydrogen-bond donors (Lipinski definition) is 1. The van der Waals surface area contributed by atoms with Crippen LogP contribution in [0.15, 0.2) is 29.8 Å². The van der Waals surface area contributed by atoms with Crippen LogP contribution in [0.3, 0.4) is 0 Å². The van der Waals surface area contributed by atoms with Crippen molar-refractivity contribution in [2.45, 2.75) is 194 Å². The number of carbonyl (C=O) groups is 3. The Bertz CT molecular complexity index is 935. The Morgan fingerprint density at radius 1 is 0.469 bits per heavy atom. The number of ether oxygens (including phenoxy) is 2. The first kappa shape index (κ1) is 44.4. The van der Waals surface area contributed by atoms with Crippen LogP contribution in [-0.4, -0.2) is 36.2 Å². The highest BCUT2D eigenvalue weighted by atomic mass is 16.6. The number of carboxylic acid groups (broad SMARTS) is 1. The molecule has 6 heteroatoms. The third-order valence-corrected chi connectivity index (χ3v) is 9.37. The lowest BCUT2D eigenvalue weighted by Gasteiger charge is -2.10. The highest BCUT2D eigenvalue weighted by Crippen LogP contribution is 2.16. The maximum atomic E-state index is 13.0. The zero-order chi connectivity index (χ0) is 35.6. The van der Waals surface area contributed by atoms with Crippen molar-refractivity contribution in [3.8, 4) is 0 Å². The molecule has 0 aromatic heterocycles. The summed E-state index contributed by atoms with van der Waals surface area (Å²) in [6.45, 7) is 5.04. The van der Waals surface area contributed by atoms with Gasteiger partial charge in [-0.25, -0.2) is 14.4 Å². The Morgan fingerprint density at radius 3 is 1.04 bits per heavy atom. The number of carboxylic acids is 1. The maximum absolute atomic E-state index is 13.0. The minimum absolute atomic E-state index is 0.138. The van der Waals surface area contributed by atoms with Gasteiger partial charge in [0.1, 0.15) is 5.57 Å². The lowest BCUT2D eigenvalue weighted by atomic mass is 10.0. The van der Waals surface area contributed by atoms with E-state index in [0.717, 1.165) is 38.5 Å². The summed E-state index contributed by atoms with van der Waals surface area (Å²) in [5.74, 6) is -2.41. The van der Waals surface area contributed by atoms with Gasteiger partial charge in [0, 0.05) is 0 Å². The lowest BCUT2D eigenvalue weighted by molar-refractivity contribution is -0.147. The van der Waals surface area contributed by atoms with Gasteiger partial charge in [-0.05, 0) is 36.6 Å². The molecule has 0 unspecified atom stereocenters. The standard InChI is InChI=1S/C43H72O6/c1-3-5-7-9-11-13-15-17-19-21-23-25-27-29-35-48-42(46)40(37-38-31-33-39(34-32-38)41(44)45)43(47)49-36-30-28-26-24-22-20-18-16-14-12-10-8-6-4-2/h31-34,37H,3-30,35-36H2,1-2H3,(H,44,45). The number of aromatic carboxylic acids is 1. The molecular weight excluding hydrogens is 612 g/mol. The normalized spacial score (nSPS) is 11.0. The quantitative estimate of drug-likeness (QED) is 0.0255. The van der Waals surface area contributed by atoms with Crippen LogP contribution in [0.1, 0.15) is 210 Å². The van der Waals surface area contributed by atoms with Crippen molar-refractivity contribution >= 4 is 24.0 Å². The summed E-state index contributed by atoms with van der Waals surface area (Å²) in [5.41, 5.74) is 0.528. The third-order valence-electron chi connectivity index (χ3n) is 9.37. The number of benzene rings is 1. The molecule has 0 aliphatic heterocycles. The van der Waals surface area contributed by atoms with E-state index in [1.807, 2.05) is 0 Å². The number of rotatable bonds is 34. The summed E-state index contributed by atoms with van der Waals surface area (Å²) in [6, 6.07) is 6.05. The molecule has 280 valence electrons. The van der Waals surface area contributed by atoms with Crippen molar-refractivity contribution in [3.63, 3.8) is 0 Å². The molecule has 0 saturated carbocycles. The second-order valence-electron chi connectivity index (χ2n) is 13.9. The molecule has 0 amide bonds. The topological polar surface area (TPSA) is 89.9 Å². The number of hydrogen-bond acceptors (Lipinski definition) is 5. The lowest BCUT2D eigenvalue weighted by Crippen LogP contribution is -2.19. The molecule has 6 nitrogen and oxygen atoms in total. The van der Waals surface area contributed by atoms with Crippen molar-refractivity contribution in [3.05, 3.63) is 41.0 Å². The van der Waals surface area contributed by atoms with Crippen LogP contribution in [0.5, 0.6) is 0 Å². The number of unbranched alkanes of at least 4 members (excludes halogenated alkanes) is 26. The summed E-state index contributed by atoms with van der Waals surface area (Å²) in [6.07, 6.45) is 36.4. The number of esters is 2. The molecule has 0 bridgehead atoms. The van der Waals surface area contributed by atoms with Crippen LogP contribution in [0.2, 0.25) is 0 Å². The molecule has 1 aromatic carbocycles. The van der Waals surface area contributed by atoms with Crippen LogP contribution in [0.25, 0.3) is 6.08 Å². The Morgan fingerprint density at radius 2 is 0.755 bits per heavy atom. The fourth-order valence-electron chi connectivity index (χ4n) is 6.17. The van der Waals surface area contributed by atoms with Crippen LogP contribution in [0, 0.1) is 0 Å². The van der Waals surface area contributed by atoms with Crippen molar-refractivity contribution < 1.29 is 29.0 Å². The van der Waals surface area contributed by atoms with Gasteiger partial charge in [0.2, 0.25) is 0 Å². The predicted molar refractivity (Wildman–Crippen MR) is 204 cm³/mol. The van der Waals surface area contributed by atoms with Gasteiger partial charge in [0.05, 0.1) is 18.8 Å². The minimum Gasteiger partial charge on any atom is -0.478 e. The minimum atomic E-state index is -1.03. The molecular formula is C43H72O6. The van der Waals surface area contributed by atoms with E-state index in [4.69, 9.17) is 9.47 Å². The summed E-state index contributed by atoms with van der Waals surface area (Å²) in [7, 11) is 0. The summed E-state index contributed by atoms with van der Waals surface area (Å²) in [4.78, 5) is 37.2. The highest BCUT2D eigenvalue weighted by molar-refractivity contribution is 6.17. The highest BCUT2D eigenvalue weighted by Gasteiger charge is 2.22. The van der Waals surface area contributed by atoms with E-state index in [9.17, 15) is 19.5 Å². The second kappa shape index (κ2) is 32.6. The van der Waals surface area contributed by atoms with E-state index in [1.54, 1.807) is 12.1 Å². The van der Waals surface area contributed by atoms with E-state index >= 15 is 0 Å². The van der Waals surface area contributed by atoms with Crippen LogP contribution in [0.4, 0.5) is 0 Å². The van der Waals surface area contributed by atoms with Gasteiger partial charge in [-0.3, -0.25) is 0 Å². The molecule has 0 radical (unpaired) electrons. The van der Waals surface area contributed by atoms with Crippen LogP contribution in [-0.2, 0) is 19.1 Å². The maximum Gasteiger partial charge on any atom is 0.345 e. The first-order valence-electron chi connectivity index (χ1n) is 20.4. The molecule has 1 aromatic rings. The predicted octanol–water partition coefficient (Wildman–Crippen LogP) is 12.8. The molecule has 0 heterocycles. The Hall–Kier alpha value is -2.63. The van der Waals surface area contributed by atoms with Gasteiger partial charge in [-0.15, -0.1) is 0 Å². The average molecular weight is 685 g/mol. The molecule has 0 spiro atoms. The molecule has 49 heavy (non-hydrogen) atoms. The van der Waals surface area contributed by atoms with Crippen molar-refractivity contribution in [1.29, 1.82) is 0 Å². The van der Waals surface area contributed by atoms with Crippen LogP contribution < -0.4 is 0 Å². The van der Waals surface area contributed by atoms with E-state index in [-0.39, 0.29) is 24.4 Å². The molecule has 0 saturated heterocycles. The zero-order valence-corrected chi connectivity index (χ0v) is 31.6. The number of carbonyl (C=O) groups excluding carboxylic acids is 2. The van der Waals surface area contributed by atoms with E-state index in [0.29, 0.717) is 5.56 Å². The second-order valence-corrected chi connectivity index (χ2v) is 13.9. The van der Waals surface area contributed by atoms with Gasteiger partial charge < -0.3 is 14.6 Å². The monoisotopic (exact) mass is 685 g/mol. The smallest absolute Gasteiger partial charge is 0.345 e. The summed E-state index contributed by atoms with van der Waals surface area (Å²) < 4.78 is 11.0. The first-order chi connectivity index (χ1) is 24.0. The van der Waals surface area contributed by atoms with Gasteiger partial charge in [-0.1, -0.05) is 193 Å². The van der Waals surface area contributed by atoms with Gasteiger partial charge in [0.25, 0.3) is 0 Å². The molecule has 1 N–H and O–H groups in total. The molecule has 0 fully saturated rings. The summed E-state index contributed by atoms with van der Waals surface area (Å²) >= 11 is 0. The third kappa shape index (κ3) is 25.9. The fraction of sp³-hybridized carbons (Fsp3) is 0.744. The molecule has 0 aliphatic carbocycles.